The first kappa shape index (κ1) is 22.5. The van der Waals surface area contributed by atoms with E-state index in [1.807, 2.05) is 13.8 Å². The van der Waals surface area contributed by atoms with E-state index in [1.165, 1.54) is 10.7 Å². The summed E-state index contributed by atoms with van der Waals surface area (Å²) in [5.41, 5.74) is 1.07. The van der Waals surface area contributed by atoms with E-state index < -0.39 is 0 Å². The molecule has 0 aliphatic carbocycles. The van der Waals surface area contributed by atoms with Crippen molar-refractivity contribution in [1.82, 2.24) is 20.0 Å². The van der Waals surface area contributed by atoms with E-state index in [9.17, 15) is 14.4 Å². The van der Waals surface area contributed by atoms with Gasteiger partial charge in [0.05, 0.1) is 5.69 Å². The number of aromatic nitrogens is 2. The van der Waals surface area contributed by atoms with Crippen molar-refractivity contribution < 1.29 is 9.59 Å². The van der Waals surface area contributed by atoms with Crippen LogP contribution >= 0.6 is 11.6 Å². The minimum absolute atomic E-state index is 0.148. The largest absolute Gasteiger partial charge is 0.348 e. The number of allylic oxidation sites excluding steroid dienone is 1. The molecule has 0 saturated heterocycles. The highest BCUT2D eigenvalue weighted by Crippen LogP contribution is 2.12. The van der Waals surface area contributed by atoms with Gasteiger partial charge in [0.15, 0.2) is 0 Å². The fourth-order valence-corrected chi connectivity index (χ4v) is 2.91. The van der Waals surface area contributed by atoms with Crippen molar-refractivity contribution in [3.8, 4) is 5.69 Å². The van der Waals surface area contributed by atoms with Crippen molar-refractivity contribution in [2.24, 2.45) is 0 Å². The molecule has 2 amide bonds. The van der Waals surface area contributed by atoms with Gasteiger partial charge in [-0.05, 0) is 51.5 Å². The van der Waals surface area contributed by atoms with Gasteiger partial charge in [-0.15, -0.1) is 0 Å². The summed E-state index contributed by atoms with van der Waals surface area (Å²) < 4.78 is 1.30. The second-order valence-corrected chi connectivity index (χ2v) is 7.15. The zero-order chi connectivity index (χ0) is 21.6. The number of nitrogens with zero attached hydrogens (tertiary/aromatic N) is 2. The highest BCUT2D eigenvalue weighted by molar-refractivity contribution is 6.30. The molecule has 1 heterocycles. The number of nitrogens with one attached hydrogen (secondary N) is 2. The molecule has 0 aliphatic heterocycles. The molecule has 2 aromatic rings. The molecule has 0 unspecified atom stereocenters. The van der Waals surface area contributed by atoms with Gasteiger partial charge in [0.25, 0.3) is 11.5 Å². The maximum absolute atomic E-state index is 13.0. The van der Waals surface area contributed by atoms with Crippen LogP contribution in [0.1, 0.15) is 44.6 Å². The zero-order valence-corrected chi connectivity index (χ0v) is 17.9. The predicted molar refractivity (Wildman–Crippen MR) is 115 cm³/mol. The molecule has 0 fully saturated rings. The van der Waals surface area contributed by atoms with Gasteiger partial charge in [-0.2, -0.15) is 0 Å². The fraction of sp³-hybridized carbons (Fsp3) is 0.381. The number of carbonyl (C=O) groups excluding carboxylic acids is 2. The Kier molecular flexibility index (Phi) is 7.84. The average molecular weight is 419 g/mol. The minimum Gasteiger partial charge on any atom is -0.348 e. The summed E-state index contributed by atoms with van der Waals surface area (Å²) in [4.78, 5) is 39.0. The molecular formula is C21H27ClN4O3. The van der Waals surface area contributed by atoms with Crippen LogP contribution in [0.15, 0.2) is 46.8 Å². The molecule has 0 aliphatic rings. The lowest BCUT2D eigenvalue weighted by Crippen LogP contribution is -2.45. The van der Waals surface area contributed by atoms with Crippen LogP contribution < -0.4 is 10.9 Å². The second-order valence-electron chi connectivity index (χ2n) is 6.71. The van der Waals surface area contributed by atoms with Crippen LogP contribution in [-0.2, 0) is 4.79 Å². The van der Waals surface area contributed by atoms with Crippen molar-refractivity contribution >= 4 is 23.4 Å². The van der Waals surface area contributed by atoms with Gasteiger partial charge in [0.2, 0.25) is 5.91 Å². The molecule has 8 heteroatoms. The van der Waals surface area contributed by atoms with Gasteiger partial charge < -0.3 is 10.2 Å². The number of rotatable bonds is 8. The van der Waals surface area contributed by atoms with Crippen LogP contribution in [0.25, 0.3) is 5.69 Å². The molecule has 1 atom stereocenters. The van der Waals surface area contributed by atoms with Crippen molar-refractivity contribution in [3.63, 3.8) is 0 Å². The number of hydrogen-bond acceptors (Lipinski definition) is 3. The number of halogens is 1. The Hall–Kier alpha value is -2.80. The van der Waals surface area contributed by atoms with Crippen LogP contribution in [0.3, 0.4) is 0 Å². The molecule has 2 N–H and O–H groups in total. The Morgan fingerprint density at radius 3 is 2.48 bits per heavy atom. The van der Waals surface area contributed by atoms with Crippen LogP contribution in [0.5, 0.6) is 0 Å². The molecule has 29 heavy (non-hydrogen) atoms. The number of benzene rings is 1. The number of carbonyl (C=O) groups is 2. The third kappa shape index (κ3) is 5.60. The normalized spacial score (nSPS) is 12.5. The van der Waals surface area contributed by atoms with E-state index in [0.29, 0.717) is 35.8 Å². The van der Waals surface area contributed by atoms with E-state index in [0.717, 1.165) is 0 Å². The topological polar surface area (TPSA) is 87.2 Å². The summed E-state index contributed by atoms with van der Waals surface area (Å²) in [5.74, 6) is -0.446. The van der Waals surface area contributed by atoms with Crippen LogP contribution in [0.2, 0.25) is 5.02 Å². The lowest BCUT2D eigenvalue weighted by Gasteiger charge is -2.26. The minimum atomic E-state index is -0.337. The van der Waals surface area contributed by atoms with Gasteiger partial charge in [0, 0.05) is 35.8 Å². The van der Waals surface area contributed by atoms with Crippen LogP contribution in [0.4, 0.5) is 0 Å². The Morgan fingerprint density at radius 1 is 1.28 bits per heavy atom. The monoisotopic (exact) mass is 418 g/mol. The summed E-state index contributed by atoms with van der Waals surface area (Å²) in [6.07, 6.45) is 2.42. The summed E-state index contributed by atoms with van der Waals surface area (Å²) in [7, 11) is 0. The van der Waals surface area contributed by atoms with E-state index in [-0.39, 0.29) is 29.1 Å². The Morgan fingerprint density at radius 2 is 1.93 bits per heavy atom. The van der Waals surface area contributed by atoms with E-state index in [2.05, 4.69) is 10.4 Å². The second kappa shape index (κ2) is 10.1. The van der Waals surface area contributed by atoms with Crippen molar-refractivity contribution in [3.05, 3.63) is 63.1 Å². The molecule has 156 valence electrons. The van der Waals surface area contributed by atoms with E-state index in [1.54, 1.807) is 49.1 Å². The first-order valence-corrected chi connectivity index (χ1v) is 9.99. The third-order valence-corrected chi connectivity index (χ3v) is 5.02. The predicted octanol–water partition coefficient (Wildman–Crippen LogP) is 3.14. The summed E-state index contributed by atoms with van der Waals surface area (Å²) >= 11 is 5.89. The molecule has 0 bridgehead atoms. The molecular weight excluding hydrogens is 392 g/mol. The summed E-state index contributed by atoms with van der Waals surface area (Å²) in [6.45, 7) is 8.16. The standard InChI is InChI=1S/C21H27ClN4O3/c1-5-14(4)20(28)23-16(6-2)13-25(7-3)21(29)18-12-19(27)26(24-18)17-10-8-15(22)9-11-17/h5,8-12,16,24H,6-7,13H2,1-4H3,(H,23,28)/b14-5+/t16-/m0/s1. The molecule has 0 saturated carbocycles. The molecule has 0 spiro atoms. The van der Waals surface area contributed by atoms with Gasteiger partial charge in [0.1, 0.15) is 5.69 Å². The fourth-order valence-electron chi connectivity index (χ4n) is 2.79. The third-order valence-electron chi connectivity index (χ3n) is 4.76. The lowest BCUT2D eigenvalue weighted by atomic mass is 10.1. The van der Waals surface area contributed by atoms with E-state index >= 15 is 0 Å². The average Bonchev–Trinajstić information content (AvgIpc) is 3.11. The van der Waals surface area contributed by atoms with E-state index in [4.69, 9.17) is 11.6 Å². The maximum atomic E-state index is 13.0. The smallest absolute Gasteiger partial charge is 0.272 e. The number of amides is 2. The Balaban J connectivity index is 2.18. The Bertz CT molecular complexity index is 944. The molecule has 0 radical (unpaired) electrons. The molecule has 1 aromatic carbocycles. The maximum Gasteiger partial charge on any atom is 0.272 e. The van der Waals surface area contributed by atoms with Crippen molar-refractivity contribution in [1.29, 1.82) is 0 Å². The quantitative estimate of drug-likeness (QED) is 0.645. The molecule has 1 aromatic heterocycles. The number of hydrogen-bond donors (Lipinski definition) is 2. The first-order chi connectivity index (χ1) is 13.8. The zero-order valence-electron chi connectivity index (χ0n) is 17.2. The van der Waals surface area contributed by atoms with Crippen LogP contribution in [0, 0.1) is 0 Å². The first-order valence-electron chi connectivity index (χ1n) is 9.61. The van der Waals surface area contributed by atoms with Crippen molar-refractivity contribution in [2.45, 2.75) is 40.2 Å². The van der Waals surface area contributed by atoms with Gasteiger partial charge >= 0.3 is 0 Å². The number of H-pyrrole nitrogens is 1. The van der Waals surface area contributed by atoms with Gasteiger partial charge in [-0.3, -0.25) is 19.5 Å². The highest BCUT2D eigenvalue weighted by Gasteiger charge is 2.22. The SMILES string of the molecule is C/C=C(\C)C(=O)N[C@@H](CC)CN(CC)C(=O)c1cc(=O)n(-c2ccc(Cl)cc2)[nH]1. The summed E-state index contributed by atoms with van der Waals surface area (Å²) in [5, 5.41) is 6.37. The highest BCUT2D eigenvalue weighted by atomic mass is 35.5. The number of likely N-dealkylation sites (N-methyl/N-ethyl adjacent to an activating group) is 1. The van der Waals surface area contributed by atoms with Gasteiger partial charge in [-0.1, -0.05) is 24.6 Å². The van der Waals surface area contributed by atoms with Crippen LogP contribution in [-0.4, -0.2) is 45.6 Å². The summed E-state index contributed by atoms with van der Waals surface area (Å²) in [6, 6.07) is 7.82. The van der Waals surface area contributed by atoms with Crippen molar-refractivity contribution in [2.75, 3.05) is 13.1 Å². The molecule has 2 rings (SSSR count). The van der Waals surface area contributed by atoms with Gasteiger partial charge in [-0.25, -0.2) is 4.68 Å². The Labute approximate surface area is 175 Å². The lowest BCUT2D eigenvalue weighted by molar-refractivity contribution is -0.118. The molecule has 7 nitrogen and oxygen atoms in total. The number of aromatic amines is 1.